The molecule has 0 aromatic carbocycles. The molecule has 0 saturated heterocycles. The van der Waals surface area contributed by atoms with Gasteiger partial charge in [0, 0.05) is 6.04 Å². The molecule has 2 heteroatoms. The molecule has 36 valence electrons. The Kier molecular flexibility index (Phi) is 1.44. The van der Waals surface area contributed by atoms with E-state index < -0.39 is 0 Å². The molecule has 0 spiro atoms. The lowest BCUT2D eigenvalue weighted by molar-refractivity contribution is 0.395. The Labute approximate surface area is 40.8 Å². The van der Waals surface area contributed by atoms with Crippen LogP contribution in [0, 0.1) is 0 Å². The Hall–Kier alpha value is 0.390. The molecule has 1 saturated carbocycles. The van der Waals surface area contributed by atoms with E-state index in [0.29, 0.717) is 0 Å². The molecule has 1 aliphatic carbocycles. The van der Waals surface area contributed by atoms with Crippen LogP contribution in [0.25, 0.3) is 0 Å². The van der Waals surface area contributed by atoms with Crippen molar-refractivity contribution in [1.82, 2.24) is 5.09 Å². The fourth-order valence-electron chi connectivity index (χ4n) is 0.575. The van der Waals surface area contributed by atoms with E-state index in [1.54, 1.807) is 0 Å². The van der Waals surface area contributed by atoms with Gasteiger partial charge < -0.3 is 0 Å². The summed E-state index contributed by atoms with van der Waals surface area (Å²) in [5.74, 6) is 0. The Morgan fingerprint density at radius 2 is 2.17 bits per heavy atom. The number of rotatable bonds is 1. The van der Waals surface area contributed by atoms with Gasteiger partial charge in [-0.15, -0.1) is 0 Å². The average Bonchev–Trinajstić information content (AvgIpc) is 1.31. The second-order valence-electron chi connectivity index (χ2n) is 1.79. The predicted molar refractivity (Wildman–Crippen MR) is 30.5 cm³/mol. The zero-order valence-electron chi connectivity index (χ0n) is 3.78. The summed E-state index contributed by atoms with van der Waals surface area (Å²) >= 11 is 0. The van der Waals surface area contributed by atoms with Crippen molar-refractivity contribution in [3.05, 3.63) is 0 Å². The lowest BCUT2D eigenvalue weighted by Crippen LogP contribution is -2.27. The van der Waals surface area contributed by atoms with Gasteiger partial charge in [0.2, 0.25) is 0 Å². The van der Waals surface area contributed by atoms with E-state index >= 15 is 0 Å². The Balaban J connectivity index is 2.01. The highest BCUT2D eigenvalue weighted by Crippen LogP contribution is 2.18. The van der Waals surface area contributed by atoms with Crippen molar-refractivity contribution in [3.8, 4) is 0 Å². The SMILES string of the molecule is PNC1CCC1. The van der Waals surface area contributed by atoms with Gasteiger partial charge in [0.05, 0.1) is 0 Å². The van der Waals surface area contributed by atoms with E-state index in [1.807, 2.05) is 0 Å². The van der Waals surface area contributed by atoms with Gasteiger partial charge in [0.25, 0.3) is 0 Å². The van der Waals surface area contributed by atoms with Crippen LogP contribution in [0.2, 0.25) is 0 Å². The van der Waals surface area contributed by atoms with Crippen molar-refractivity contribution in [3.63, 3.8) is 0 Å². The van der Waals surface area contributed by atoms with Crippen molar-refractivity contribution < 1.29 is 0 Å². The molecule has 1 nitrogen and oxygen atoms in total. The van der Waals surface area contributed by atoms with E-state index in [2.05, 4.69) is 14.5 Å². The van der Waals surface area contributed by atoms with Crippen LogP contribution in [-0.2, 0) is 0 Å². The molecule has 1 atom stereocenters. The topological polar surface area (TPSA) is 12.0 Å². The van der Waals surface area contributed by atoms with Gasteiger partial charge in [-0.05, 0) is 12.8 Å². The van der Waals surface area contributed by atoms with Gasteiger partial charge in [-0.3, -0.25) is 5.09 Å². The Bertz CT molecular complexity index is 40.1. The molecule has 1 fully saturated rings. The zero-order chi connectivity index (χ0) is 4.41. The molecular weight excluding hydrogens is 93.0 g/mol. The number of hydrogen-bond acceptors (Lipinski definition) is 1. The van der Waals surface area contributed by atoms with Gasteiger partial charge in [-0.25, -0.2) is 0 Å². The van der Waals surface area contributed by atoms with E-state index in [4.69, 9.17) is 0 Å². The molecule has 0 aromatic heterocycles. The first-order chi connectivity index (χ1) is 2.93. The minimum Gasteiger partial charge on any atom is -0.298 e. The minimum absolute atomic E-state index is 0.829. The summed E-state index contributed by atoms with van der Waals surface area (Å²) in [4.78, 5) is 0. The highest BCUT2D eigenvalue weighted by Gasteiger charge is 2.13. The van der Waals surface area contributed by atoms with Gasteiger partial charge in [-0.2, -0.15) is 0 Å². The molecule has 0 heterocycles. The van der Waals surface area contributed by atoms with Crippen LogP contribution in [0.5, 0.6) is 0 Å². The normalized spacial score (nSPS) is 23.5. The van der Waals surface area contributed by atoms with E-state index in [0.717, 1.165) is 6.04 Å². The molecule has 0 bridgehead atoms. The van der Waals surface area contributed by atoms with Crippen LogP contribution in [0.1, 0.15) is 19.3 Å². The number of hydrogen-bond donors (Lipinski definition) is 1. The zero-order valence-corrected chi connectivity index (χ0v) is 4.93. The first kappa shape index (κ1) is 4.55. The van der Waals surface area contributed by atoms with Crippen LogP contribution in [0.3, 0.4) is 0 Å². The smallest absolute Gasteiger partial charge is 0.00988 e. The monoisotopic (exact) mass is 103 g/mol. The van der Waals surface area contributed by atoms with Crippen molar-refractivity contribution >= 4 is 9.39 Å². The first-order valence-corrected chi connectivity index (χ1v) is 2.97. The lowest BCUT2D eigenvalue weighted by Gasteiger charge is -2.23. The summed E-state index contributed by atoms with van der Waals surface area (Å²) in [5, 5.41) is 3.12. The quantitative estimate of drug-likeness (QED) is 0.486. The van der Waals surface area contributed by atoms with Gasteiger partial charge in [-0.1, -0.05) is 15.8 Å². The predicted octanol–water partition coefficient (Wildman–Crippen LogP) is 0.919. The number of nitrogens with one attached hydrogen (secondary N) is 1. The summed E-state index contributed by atoms with van der Waals surface area (Å²) in [6.07, 6.45) is 4.18. The summed E-state index contributed by atoms with van der Waals surface area (Å²) in [7, 11) is 2.54. The maximum atomic E-state index is 3.12. The molecular formula is C4H10NP. The van der Waals surface area contributed by atoms with Gasteiger partial charge in [0.1, 0.15) is 0 Å². The first-order valence-electron chi connectivity index (χ1n) is 2.39. The molecule has 1 N–H and O–H groups in total. The lowest BCUT2D eigenvalue weighted by atomic mass is 9.94. The van der Waals surface area contributed by atoms with Gasteiger partial charge in [0.15, 0.2) is 0 Å². The summed E-state index contributed by atoms with van der Waals surface area (Å²) in [6.45, 7) is 0. The fraction of sp³-hybridized carbons (Fsp3) is 1.00. The molecule has 6 heavy (non-hydrogen) atoms. The second kappa shape index (κ2) is 1.90. The van der Waals surface area contributed by atoms with E-state index in [1.165, 1.54) is 19.3 Å². The Morgan fingerprint density at radius 1 is 1.50 bits per heavy atom. The van der Waals surface area contributed by atoms with Crippen LogP contribution in [0.4, 0.5) is 0 Å². The van der Waals surface area contributed by atoms with Crippen LogP contribution < -0.4 is 5.09 Å². The maximum Gasteiger partial charge on any atom is 0.00988 e. The molecule has 0 amide bonds. The van der Waals surface area contributed by atoms with Gasteiger partial charge >= 0.3 is 0 Å². The summed E-state index contributed by atoms with van der Waals surface area (Å²) in [5.41, 5.74) is 0. The molecule has 0 aromatic rings. The van der Waals surface area contributed by atoms with E-state index in [9.17, 15) is 0 Å². The second-order valence-corrected chi connectivity index (χ2v) is 2.13. The van der Waals surface area contributed by atoms with Crippen LogP contribution in [0.15, 0.2) is 0 Å². The minimum atomic E-state index is 0.829. The molecule has 1 aliphatic rings. The summed E-state index contributed by atoms with van der Waals surface area (Å²) < 4.78 is 0. The molecule has 0 aliphatic heterocycles. The largest absolute Gasteiger partial charge is 0.298 e. The third kappa shape index (κ3) is 0.717. The van der Waals surface area contributed by atoms with Crippen molar-refractivity contribution in [2.45, 2.75) is 25.3 Å². The maximum absolute atomic E-state index is 3.12. The molecule has 0 radical (unpaired) electrons. The van der Waals surface area contributed by atoms with Crippen molar-refractivity contribution in [1.29, 1.82) is 0 Å². The van der Waals surface area contributed by atoms with Crippen molar-refractivity contribution in [2.24, 2.45) is 0 Å². The van der Waals surface area contributed by atoms with Crippen LogP contribution in [-0.4, -0.2) is 6.04 Å². The van der Waals surface area contributed by atoms with Crippen molar-refractivity contribution in [2.75, 3.05) is 0 Å². The Morgan fingerprint density at radius 3 is 2.17 bits per heavy atom. The van der Waals surface area contributed by atoms with E-state index in [-0.39, 0.29) is 0 Å². The molecule has 1 unspecified atom stereocenters. The summed E-state index contributed by atoms with van der Waals surface area (Å²) in [6, 6.07) is 0.829. The van der Waals surface area contributed by atoms with Crippen LogP contribution >= 0.6 is 9.39 Å². The highest BCUT2D eigenvalue weighted by molar-refractivity contribution is 7.13. The third-order valence-corrected chi connectivity index (χ3v) is 1.81. The fourth-order valence-corrected chi connectivity index (χ4v) is 0.908. The highest BCUT2D eigenvalue weighted by atomic mass is 31.0. The standard InChI is InChI=1S/C4H10NP/c6-5-4-2-1-3-4/h4-5H,1-3,6H2. The third-order valence-electron chi connectivity index (χ3n) is 1.34. The average molecular weight is 103 g/mol. The molecule has 1 rings (SSSR count).